The molecular weight excluding hydrogens is 304 g/mol. The number of fused-ring (bicyclic) bond motifs is 1. The predicted molar refractivity (Wildman–Crippen MR) is 93.3 cm³/mol. The molecular formula is C19H22N2O3. The van der Waals surface area contributed by atoms with Gasteiger partial charge in [0.2, 0.25) is 5.91 Å². The van der Waals surface area contributed by atoms with Crippen molar-refractivity contribution in [2.24, 2.45) is 0 Å². The highest BCUT2D eigenvalue weighted by Crippen LogP contribution is 2.21. The van der Waals surface area contributed by atoms with Gasteiger partial charge in [0.25, 0.3) is 5.91 Å². The zero-order valence-corrected chi connectivity index (χ0v) is 13.9. The van der Waals surface area contributed by atoms with Crippen molar-refractivity contribution in [2.75, 3.05) is 26.7 Å². The Morgan fingerprint density at radius 2 is 2.00 bits per heavy atom. The van der Waals surface area contributed by atoms with E-state index in [0.29, 0.717) is 18.5 Å². The maximum atomic E-state index is 12.3. The summed E-state index contributed by atoms with van der Waals surface area (Å²) in [6, 6.07) is 11.4. The molecule has 24 heavy (non-hydrogen) atoms. The first-order valence-electron chi connectivity index (χ1n) is 8.31. The quantitative estimate of drug-likeness (QED) is 0.830. The van der Waals surface area contributed by atoms with Crippen LogP contribution in [0, 0.1) is 0 Å². The molecule has 0 aromatic heterocycles. The van der Waals surface area contributed by atoms with Gasteiger partial charge in [0, 0.05) is 31.6 Å². The summed E-state index contributed by atoms with van der Waals surface area (Å²) in [5.41, 5.74) is 0.643. The molecule has 2 aromatic rings. The highest BCUT2D eigenvalue weighted by atomic mass is 16.5. The van der Waals surface area contributed by atoms with Gasteiger partial charge in [0.05, 0.1) is 7.11 Å². The van der Waals surface area contributed by atoms with Crippen LogP contribution < -0.4 is 10.1 Å². The number of rotatable bonds is 6. The average Bonchev–Trinajstić information content (AvgIpc) is 3.02. The second kappa shape index (κ2) is 7.34. The van der Waals surface area contributed by atoms with Crippen LogP contribution in [0.3, 0.4) is 0 Å². The van der Waals surface area contributed by atoms with Crippen LogP contribution in [0.25, 0.3) is 10.8 Å². The molecule has 5 heteroatoms. The number of hydrogen-bond acceptors (Lipinski definition) is 3. The van der Waals surface area contributed by atoms with E-state index in [-0.39, 0.29) is 11.8 Å². The molecule has 0 atom stereocenters. The first kappa shape index (κ1) is 16.3. The van der Waals surface area contributed by atoms with Gasteiger partial charge >= 0.3 is 0 Å². The fourth-order valence-electron chi connectivity index (χ4n) is 3.01. The van der Waals surface area contributed by atoms with Gasteiger partial charge in [-0.2, -0.15) is 0 Å². The molecule has 5 nitrogen and oxygen atoms in total. The molecule has 1 N–H and O–H groups in total. The SMILES string of the molecule is COc1ccc2cc(C(=O)NCCCN3CCCC3=O)ccc2c1. The Morgan fingerprint density at radius 3 is 2.75 bits per heavy atom. The highest BCUT2D eigenvalue weighted by Gasteiger charge is 2.19. The minimum atomic E-state index is -0.0829. The largest absolute Gasteiger partial charge is 0.497 e. The average molecular weight is 326 g/mol. The first-order valence-corrected chi connectivity index (χ1v) is 8.31. The first-order chi connectivity index (χ1) is 11.7. The van der Waals surface area contributed by atoms with Crippen LogP contribution in [-0.4, -0.2) is 43.5 Å². The number of carbonyl (C=O) groups is 2. The van der Waals surface area contributed by atoms with E-state index in [1.807, 2.05) is 41.3 Å². The van der Waals surface area contributed by atoms with Crippen molar-refractivity contribution in [3.05, 3.63) is 42.0 Å². The molecule has 0 unspecified atom stereocenters. The number of methoxy groups -OCH3 is 1. The van der Waals surface area contributed by atoms with Gasteiger partial charge in [-0.3, -0.25) is 9.59 Å². The lowest BCUT2D eigenvalue weighted by molar-refractivity contribution is -0.127. The lowest BCUT2D eigenvalue weighted by Gasteiger charge is -2.15. The number of likely N-dealkylation sites (tertiary alicyclic amines) is 1. The van der Waals surface area contributed by atoms with Crippen molar-refractivity contribution in [2.45, 2.75) is 19.3 Å². The van der Waals surface area contributed by atoms with Crippen molar-refractivity contribution in [3.8, 4) is 5.75 Å². The standard InChI is InChI=1S/C19H22N2O3/c1-24-17-8-7-14-12-16(6-5-15(14)13-17)19(23)20-9-3-11-21-10-2-4-18(21)22/h5-8,12-13H,2-4,9-11H2,1H3,(H,20,23). The molecule has 1 heterocycles. The third-order valence-electron chi connectivity index (χ3n) is 4.37. The van der Waals surface area contributed by atoms with Gasteiger partial charge in [0.15, 0.2) is 0 Å². The van der Waals surface area contributed by atoms with Crippen LogP contribution in [0.2, 0.25) is 0 Å². The van der Waals surface area contributed by atoms with Crippen LogP contribution in [-0.2, 0) is 4.79 Å². The molecule has 1 aliphatic rings. The molecule has 0 radical (unpaired) electrons. The molecule has 0 saturated carbocycles. The molecule has 2 amide bonds. The van der Waals surface area contributed by atoms with Crippen LogP contribution in [0.4, 0.5) is 0 Å². The Labute approximate surface area is 141 Å². The van der Waals surface area contributed by atoms with Crippen molar-refractivity contribution in [1.29, 1.82) is 0 Å². The van der Waals surface area contributed by atoms with E-state index in [4.69, 9.17) is 4.74 Å². The summed E-state index contributed by atoms with van der Waals surface area (Å²) in [6.45, 7) is 2.14. The molecule has 2 aromatic carbocycles. The van der Waals surface area contributed by atoms with Crippen LogP contribution in [0.5, 0.6) is 5.75 Å². The number of amides is 2. The summed E-state index contributed by atoms with van der Waals surface area (Å²) in [4.78, 5) is 25.6. The Hall–Kier alpha value is -2.56. The highest BCUT2D eigenvalue weighted by molar-refractivity contribution is 5.98. The molecule has 0 bridgehead atoms. The van der Waals surface area contributed by atoms with Crippen molar-refractivity contribution < 1.29 is 14.3 Å². The fraction of sp³-hybridized carbons (Fsp3) is 0.368. The number of ether oxygens (including phenoxy) is 1. The molecule has 3 rings (SSSR count). The Kier molecular flexibility index (Phi) is 4.99. The van der Waals surface area contributed by atoms with E-state index in [1.165, 1.54) is 0 Å². The predicted octanol–water partition coefficient (Wildman–Crippen LogP) is 2.59. The minimum absolute atomic E-state index is 0.0829. The molecule has 1 aliphatic heterocycles. The lowest BCUT2D eigenvalue weighted by atomic mass is 10.1. The summed E-state index contributed by atoms with van der Waals surface area (Å²) in [7, 11) is 1.64. The van der Waals surface area contributed by atoms with E-state index in [1.54, 1.807) is 7.11 Å². The number of carbonyl (C=O) groups excluding carboxylic acids is 2. The fourth-order valence-corrected chi connectivity index (χ4v) is 3.01. The number of benzene rings is 2. The number of nitrogens with zero attached hydrogens (tertiary/aromatic N) is 1. The van der Waals surface area contributed by atoms with Gasteiger partial charge in [-0.25, -0.2) is 0 Å². The number of nitrogens with one attached hydrogen (secondary N) is 1. The zero-order valence-electron chi connectivity index (χ0n) is 13.9. The summed E-state index contributed by atoms with van der Waals surface area (Å²) >= 11 is 0. The molecule has 0 spiro atoms. The van der Waals surface area contributed by atoms with Gasteiger partial charge in [-0.1, -0.05) is 12.1 Å². The third-order valence-corrected chi connectivity index (χ3v) is 4.37. The van der Waals surface area contributed by atoms with E-state index in [2.05, 4.69) is 5.32 Å². The van der Waals surface area contributed by atoms with E-state index in [9.17, 15) is 9.59 Å². The third kappa shape index (κ3) is 3.67. The Morgan fingerprint density at radius 1 is 1.21 bits per heavy atom. The van der Waals surface area contributed by atoms with E-state index >= 15 is 0 Å². The second-order valence-electron chi connectivity index (χ2n) is 6.02. The summed E-state index contributed by atoms with van der Waals surface area (Å²) in [5.74, 6) is 0.947. The van der Waals surface area contributed by atoms with Crippen LogP contribution in [0.15, 0.2) is 36.4 Å². The van der Waals surface area contributed by atoms with Crippen molar-refractivity contribution in [3.63, 3.8) is 0 Å². The molecule has 0 aliphatic carbocycles. The molecule has 1 fully saturated rings. The summed E-state index contributed by atoms with van der Waals surface area (Å²) in [5, 5.41) is 4.97. The number of hydrogen-bond donors (Lipinski definition) is 1. The van der Waals surface area contributed by atoms with Gasteiger partial charge < -0.3 is 15.0 Å². The normalized spacial score (nSPS) is 14.2. The van der Waals surface area contributed by atoms with E-state index in [0.717, 1.165) is 42.5 Å². The second-order valence-corrected chi connectivity index (χ2v) is 6.02. The van der Waals surface area contributed by atoms with Crippen LogP contribution >= 0.6 is 0 Å². The van der Waals surface area contributed by atoms with Crippen molar-refractivity contribution in [1.82, 2.24) is 10.2 Å². The minimum Gasteiger partial charge on any atom is -0.497 e. The molecule has 1 saturated heterocycles. The topological polar surface area (TPSA) is 58.6 Å². The van der Waals surface area contributed by atoms with E-state index < -0.39 is 0 Å². The summed E-state index contributed by atoms with van der Waals surface area (Å²) < 4.78 is 5.21. The Balaban J connectivity index is 1.54. The Bertz CT molecular complexity index is 757. The van der Waals surface area contributed by atoms with Crippen molar-refractivity contribution >= 4 is 22.6 Å². The van der Waals surface area contributed by atoms with Gasteiger partial charge in [-0.05, 0) is 47.9 Å². The smallest absolute Gasteiger partial charge is 0.251 e. The molecule has 126 valence electrons. The van der Waals surface area contributed by atoms with Gasteiger partial charge in [-0.15, -0.1) is 0 Å². The van der Waals surface area contributed by atoms with Crippen LogP contribution in [0.1, 0.15) is 29.6 Å². The maximum Gasteiger partial charge on any atom is 0.251 e. The zero-order chi connectivity index (χ0) is 16.9. The monoisotopic (exact) mass is 326 g/mol. The van der Waals surface area contributed by atoms with Gasteiger partial charge in [0.1, 0.15) is 5.75 Å². The summed E-state index contributed by atoms with van der Waals surface area (Å²) in [6.07, 6.45) is 2.39. The lowest BCUT2D eigenvalue weighted by Crippen LogP contribution is -2.30. The maximum absolute atomic E-state index is 12.3.